The molecule has 3 rings (SSSR count). The number of carboxylic acid groups (broad SMARTS) is 1. The number of nitrogens with one attached hydrogen (secondary N) is 1. The van der Waals surface area contributed by atoms with Gasteiger partial charge in [-0.05, 0) is 43.0 Å². The molecule has 2 amide bonds. The summed E-state index contributed by atoms with van der Waals surface area (Å²) in [7, 11) is 3.01. The zero-order valence-electron chi connectivity index (χ0n) is 25.0. The Balaban J connectivity index is 2.01. The molecule has 0 bridgehead atoms. The van der Waals surface area contributed by atoms with Gasteiger partial charge in [-0.2, -0.15) is 0 Å². The maximum Gasteiger partial charge on any atom is 0.303 e. The molecule has 4 N–H and O–H groups in total. The van der Waals surface area contributed by atoms with Crippen molar-refractivity contribution in [3.63, 3.8) is 0 Å². The van der Waals surface area contributed by atoms with Gasteiger partial charge < -0.3 is 39.7 Å². The predicted octanol–water partition coefficient (Wildman–Crippen LogP) is 3.57. The van der Waals surface area contributed by atoms with Crippen LogP contribution >= 0.6 is 11.6 Å². The number of aliphatic carboxylic acids is 1. The minimum atomic E-state index is -1.23. The summed E-state index contributed by atoms with van der Waals surface area (Å²) in [6.07, 6.45) is -1.90. The Morgan fingerprint density at radius 3 is 2.49 bits per heavy atom. The molecule has 0 saturated heterocycles. The molecule has 1 unspecified atom stereocenters. The quantitative estimate of drug-likeness (QED) is 0.234. The van der Waals surface area contributed by atoms with Crippen molar-refractivity contribution in [3.8, 4) is 11.5 Å². The van der Waals surface area contributed by atoms with E-state index in [0.717, 1.165) is 0 Å². The fraction of sp³-hybridized carbons (Fsp3) is 0.516. The molecule has 0 radical (unpaired) electrons. The summed E-state index contributed by atoms with van der Waals surface area (Å²) >= 11 is 6.45. The van der Waals surface area contributed by atoms with Crippen LogP contribution in [0.15, 0.2) is 36.4 Å². The second kappa shape index (κ2) is 15.4. The Morgan fingerprint density at radius 1 is 1.12 bits per heavy atom. The summed E-state index contributed by atoms with van der Waals surface area (Å²) in [4.78, 5) is 39.9. The molecule has 2 aromatic rings. The maximum absolute atomic E-state index is 14.1. The lowest BCUT2D eigenvalue weighted by atomic mass is 9.92. The summed E-state index contributed by atoms with van der Waals surface area (Å²) in [5.41, 5.74) is 0.977. The lowest BCUT2D eigenvalue weighted by molar-refractivity contribution is -0.138. The number of para-hydroxylation sites is 1. The third-order valence-corrected chi connectivity index (χ3v) is 7.62. The van der Waals surface area contributed by atoms with Gasteiger partial charge >= 0.3 is 5.97 Å². The highest BCUT2D eigenvalue weighted by Gasteiger charge is 2.40. The number of carbonyl (C=O) groups excluding carboxylic acids is 2. The van der Waals surface area contributed by atoms with Gasteiger partial charge in [-0.1, -0.05) is 37.6 Å². The number of methoxy groups -OCH3 is 2. The molecule has 11 nitrogen and oxygen atoms in total. The molecule has 43 heavy (non-hydrogen) atoms. The minimum Gasteiger partial charge on any atom is -0.493 e. The highest BCUT2D eigenvalue weighted by atomic mass is 35.5. The number of nitrogens with zero attached hydrogens (tertiary/aromatic N) is 1. The first-order valence-corrected chi connectivity index (χ1v) is 14.5. The number of fused-ring (bicyclic) bond motifs is 1. The van der Waals surface area contributed by atoms with Crippen molar-refractivity contribution in [2.24, 2.45) is 11.3 Å². The number of aliphatic hydroxyl groups is 2. The minimum absolute atomic E-state index is 0.124. The third kappa shape index (κ3) is 8.82. The number of hydrogen-bond acceptors (Lipinski definition) is 8. The zero-order valence-corrected chi connectivity index (χ0v) is 25.7. The molecule has 0 spiro atoms. The highest BCUT2D eigenvalue weighted by molar-refractivity contribution is 6.30. The smallest absolute Gasteiger partial charge is 0.303 e. The predicted molar refractivity (Wildman–Crippen MR) is 161 cm³/mol. The van der Waals surface area contributed by atoms with Crippen molar-refractivity contribution in [1.29, 1.82) is 0 Å². The van der Waals surface area contributed by atoms with E-state index in [4.69, 9.17) is 30.9 Å². The van der Waals surface area contributed by atoms with E-state index in [1.807, 2.05) is 13.8 Å². The molecule has 0 saturated carbocycles. The van der Waals surface area contributed by atoms with Gasteiger partial charge in [-0.15, -0.1) is 0 Å². The van der Waals surface area contributed by atoms with Gasteiger partial charge in [0.2, 0.25) is 5.91 Å². The standard InChI is InChI=1S/C31H41ClN2O9/c1-31(2,18-36)17-34-23-9-8-20(32)15-22(23)28(21-6-5-7-24(41-3)29(21)42-4)43-25(30(34)40)16-26(37)33-12-10-19(11-13-35)14-27(38)39/h5-9,15,19,25,28,35-36H,10-14,16-18H2,1-4H3,(H,33,37)(H,38,39)/t19?,25-,28-/m1/s1. The molecule has 1 aliphatic heterocycles. The van der Waals surface area contributed by atoms with Crippen molar-refractivity contribution >= 4 is 35.1 Å². The normalized spacial score (nSPS) is 17.6. The zero-order chi connectivity index (χ0) is 31.7. The molecule has 236 valence electrons. The fourth-order valence-corrected chi connectivity index (χ4v) is 5.32. The van der Waals surface area contributed by atoms with Gasteiger partial charge in [-0.3, -0.25) is 14.4 Å². The Kier molecular flexibility index (Phi) is 12.2. The van der Waals surface area contributed by atoms with Crippen molar-refractivity contribution in [2.45, 2.75) is 51.7 Å². The molecular formula is C31H41ClN2O9. The maximum atomic E-state index is 14.1. The number of halogens is 1. The van der Waals surface area contributed by atoms with Crippen LogP contribution in [0.25, 0.3) is 0 Å². The Bertz CT molecular complexity index is 1290. The van der Waals surface area contributed by atoms with Crippen LogP contribution in [0, 0.1) is 11.3 Å². The van der Waals surface area contributed by atoms with Crippen molar-refractivity contribution in [1.82, 2.24) is 5.32 Å². The molecule has 1 aliphatic rings. The van der Waals surface area contributed by atoms with E-state index in [-0.39, 0.29) is 45.1 Å². The van der Waals surface area contributed by atoms with E-state index in [2.05, 4.69) is 5.32 Å². The van der Waals surface area contributed by atoms with E-state index in [9.17, 15) is 24.6 Å². The Labute approximate surface area is 256 Å². The fourth-order valence-electron chi connectivity index (χ4n) is 5.14. The number of carboxylic acids is 1. The summed E-state index contributed by atoms with van der Waals surface area (Å²) in [5, 5.41) is 31.6. The molecule has 0 aliphatic carbocycles. The largest absolute Gasteiger partial charge is 0.493 e. The molecular weight excluding hydrogens is 580 g/mol. The number of benzene rings is 2. The Hall–Kier alpha value is -3.38. The number of amides is 2. The summed E-state index contributed by atoms with van der Waals surface area (Å²) in [6.45, 7) is 3.61. The topological polar surface area (TPSA) is 155 Å². The van der Waals surface area contributed by atoms with Gasteiger partial charge in [-0.25, -0.2) is 0 Å². The second-order valence-electron chi connectivity index (χ2n) is 11.4. The molecule has 3 atom stereocenters. The van der Waals surface area contributed by atoms with Crippen molar-refractivity contribution in [3.05, 3.63) is 52.5 Å². The van der Waals surface area contributed by atoms with Gasteiger partial charge in [0.05, 0.1) is 20.6 Å². The lowest BCUT2D eigenvalue weighted by Crippen LogP contribution is -2.46. The molecule has 0 fully saturated rings. The highest BCUT2D eigenvalue weighted by Crippen LogP contribution is 2.45. The summed E-state index contributed by atoms with van der Waals surface area (Å²) in [5.74, 6) is -1.36. The lowest BCUT2D eigenvalue weighted by Gasteiger charge is -2.32. The average molecular weight is 621 g/mol. The number of ether oxygens (including phenoxy) is 3. The molecule has 12 heteroatoms. The number of aliphatic hydroxyl groups excluding tert-OH is 2. The first-order chi connectivity index (χ1) is 20.4. The van der Waals surface area contributed by atoms with Gasteiger partial charge in [0.25, 0.3) is 5.91 Å². The first-order valence-electron chi connectivity index (χ1n) is 14.1. The second-order valence-corrected chi connectivity index (χ2v) is 11.8. The Morgan fingerprint density at radius 2 is 1.86 bits per heavy atom. The summed E-state index contributed by atoms with van der Waals surface area (Å²) in [6, 6.07) is 10.4. The van der Waals surface area contributed by atoms with Crippen LogP contribution in [0.1, 0.15) is 56.8 Å². The van der Waals surface area contributed by atoms with Crippen LogP contribution in [0.3, 0.4) is 0 Å². The van der Waals surface area contributed by atoms with E-state index in [0.29, 0.717) is 46.2 Å². The monoisotopic (exact) mass is 620 g/mol. The number of carbonyl (C=O) groups is 3. The molecule has 1 heterocycles. The number of hydrogen-bond donors (Lipinski definition) is 4. The number of anilines is 1. The van der Waals surface area contributed by atoms with Gasteiger partial charge in [0.15, 0.2) is 11.5 Å². The molecule has 0 aromatic heterocycles. The molecule has 2 aromatic carbocycles. The van der Waals surface area contributed by atoms with Crippen LogP contribution in [0.2, 0.25) is 5.02 Å². The van der Waals surface area contributed by atoms with E-state index in [1.165, 1.54) is 19.1 Å². The van der Waals surface area contributed by atoms with Crippen molar-refractivity contribution < 1.29 is 43.9 Å². The summed E-state index contributed by atoms with van der Waals surface area (Å²) < 4.78 is 17.7. The van der Waals surface area contributed by atoms with Crippen LogP contribution in [-0.2, 0) is 19.1 Å². The third-order valence-electron chi connectivity index (χ3n) is 7.38. The van der Waals surface area contributed by atoms with Crippen LogP contribution in [0.5, 0.6) is 11.5 Å². The van der Waals surface area contributed by atoms with Crippen molar-refractivity contribution in [2.75, 3.05) is 45.4 Å². The van der Waals surface area contributed by atoms with Gasteiger partial charge in [0, 0.05) is 60.0 Å². The number of rotatable bonds is 15. The van der Waals surface area contributed by atoms with Crippen LogP contribution in [0.4, 0.5) is 5.69 Å². The van der Waals surface area contributed by atoms with E-state index < -0.39 is 35.4 Å². The van der Waals surface area contributed by atoms with Crippen LogP contribution in [-0.4, -0.2) is 79.7 Å². The average Bonchev–Trinajstić information content (AvgIpc) is 3.06. The SMILES string of the molecule is COc1cccc([C@H]2O[C@H](CC(=O)NCCC(CCO)CC(=O)O)C(=O)N(CC(C)(C)CO)c3ccc(Cl)cc32)c1OC. The van der Waals surface area contributed by atoms with Crippen LogP contribution < -0.4 is 19.7 Å². The first kappa shape index (κ1) is 34.1. The van der Waals surface area contributed by atoms with Gasteiger partial charge in [0.1, 0.15) is 12.2 Å². The van der Waals surface area contributed by atoms with E-state index >= 15 is 0 Å². The van der Waals surface area contributed by atoms with E-state index in [1.54, 1.807) is 36.4 Å².